The fourth-order valence-electron chi connectivity index (χ4n) is 2.68. The summed E-state index contributed by atoms with van der Waals surface area (Å²) in [4.78, 5) is 0. The van der Waals surface area contributed by atoms with Crippen LogP contribution in [0, 0.1) is 6.92 Å². The minimum absolute atomic E-state index is 0.299. The molecule has 0 amide bonds. The van der Waals surface area contributed by atoms with Crippen LogP contribution >= 0.6 is 15.9 Å². The van der Waals surface area contributed by atoms with Crippen molar-refractivity contribution in [3.63, 3.8) is 0 Å². The molecule has 4 heteroatoms. The van der Waals surface area contributed by atoms with Crippen LogP contribution < -0.4 is 5.32 Å². The number of likely N-dealkylation sites (N-methyl/N-ethyl adjacent to an activating group) is 1. The van der Waals surface area contributed by atoms with Crippen LogP contribution in [0.3, 0.4) is 0 Å². The maximum absolute atomic E-state index is 4.69. The van der Waals surface area contributed by atoms with Gasteiger partial charge in [0, 0.05) is 19.0 Å². The van der Waals surface area contributed by atoms with Crippen LogP contribution in [0.1, 0.15) is 42.4 Å². The number of aryl methyl sites for hydroxylation is 3. The zero-order valence-corrected chi connectivity index (χ0v) is 14.9. The van der Waals surface area contributed by atoms with Crippen LogP contribution in [0.25, 0.3) is 0 Å². The summed E-state index contributed by atoms with van der Waals surface area (Å²) in [6, 6.07) is 9.00. The summed E-state index contributed by atoms with van der Waals surface area (Å²) < 4.78 is 3.28. The molecule has 1 heterocycles. The number of hydrogen-bond acceptors (Lipinski definition) is 2. The summed E-state index contributed by atoms with van der Waals surface area (Å²) in [6.07, 6.45) is 1.89. The predicted octanol–water partition coefficient (Wildman–Crippen LogP) is 4.04. The zero-order valence-electron chi connectivity index (χ0n) is 13.3. The first-order valence-electron chi connectivity index (χ1n) is 7.58. The van der Waals surface area contributed by atoms with Gasteiger partial charge >= 0.3 is 0 Å². The Balaban J connectivity index is 2.32. The molecule has 1 atom stereocenters. The first-order chi connectivity index (χ1) is 10.1. The van der Waals surface area contributed by atoms with E-state index < -0.39 is 0 Å². The van der Waals surface area contributed by atoms with Gasteiger partial charge < -0.3 is 5.32 Å². The van der Waals surface area contributed by atoms with Crippen LogP contribution in [0.5, 0.6) is 0 Å². The highest BCUT2D eigenvalue weighted by molar-refractivity contribution is 9.10. The van der Waals surface area contributed by atoms with Gasteiger partial charge in [0.1, 0.15) is 0 Å². The Kier molecular flexibility index (Phi) is 5.59. The van der Waals surface area contributed by atoms with Crippen molar-refractivity contribution in [2.24, 2.45) is 0 Å². The van der Waals surface area contributed by atoms with Crippen LogP contribution in [-0.2, 0) is 19.4 Å². The van der Waals surface area contributed by atoms with Gasteiger partial charge in [-0.3, -0.25) is 4.68 Å². The van der Waals surface area contributed by atoms with E-state index in [4.69, 9.17) is 0 Å². The minimum Gasteiger partial charge on any atom is -0.313 e. The van der Waals surface area contributed by atoms with Crippen LogP contribution in [0.2, 0.25) is 0 Å². The molecule has 0 spiro atoms. The smallest absolute Gasteiger partial charge is 0.0766 e. The highest BCUT2D eigenvalue weighted by atomic mass is 79.9. The fraction of sp³-hybridized carbons (Fsp3) is 0.471. The molecule has 0 fully saturated rings. The van der Waals surface area contributed by atoms with Gasteiger partial charge in [0.25, 0.3) is 0 Å². The molecule has 0 bridgehead atoms. The zero-order chi connectivity index (χ0) is 15.4. The predicted molar refractivity (Wildman–Crippen MR) is 91.7 cm³/mol. The van der Waals surface area contributed by atoms with Gasteiger partial charge in [0.05, 0.1) is 15.9 Å². The third kappa shape index (κ3) is 3.55. The van der Waals surface area contributed by atoms with Gasteiger partial charge in [-0.15, -0.1) is 0 Å². The molecule has 1 unspecified atom stereocenters. The molecule has 114 valence electrons. The number of benzene rings is 1. The molecule has 0 aliphatic heterocycles. The third-order valence-corrected chi connectivity index (χ3v) is 4.80. The Bertz CT molecular complexity index is 604. The molecule has 1 N–H and O–H groups in total. The lowest BCUT2D eigenvalue weighted by atomic mass is 10.00. The molecule has 2 aromatic rings. The lowest BCUT2D eigenvalue weighted by molar-refractivity contribution is 0.539. The Morgan fingerprint density at radius 1 is 1.33 bits per heavy atom. The topological polar surface area (TPSA) is 29.9 Å². The number of halogens is 1. The summed E-state index contributed by atoms with van der Waals surface area (Å²) in [6.45, 7) is 7.33. The average molecular weight is 350 g/mol. The molecule has 0 aliphatic carbocycles. The maximum atomic E-state index is 4.69. The Hall–Kier alpha value is -1.13. The lowest BCUT2D eigenvalue weighted by Crippen LogP contribution is -2.20. The molecular weight excluding hydrogens is 326 g/mol. The second kappa shape index (κ2) is 7.23. The molecule has 3 nitrogen and oxygen atoms in total. The van der Waals surface area contributed by atoms with E-state index in [0.717, 1.165) is 25.1 Å². The first-order valence-corrected chi connectivity index (χ1v) is 8.37. The van der Waals surface area contributed by atoms with Crippen LogP contribution in [0.4, 0.5) is 0 Å². The second-order valence-corrected chi connectivity index (χ2v) is 6.13. The van der Waals surface area contributed by atoms with E-state index in [2.05, 4.69) is 76.1 Å². The molecule has 0 saturated heterocycles. The number of nitrogens with one attached hydrogen (secondary N) is 1. The Morgan fingerprint density at radius 2 is 2.10 bits per heavy atom. The van der Waals surface area contributed by atoms with E-state index >= 15 is 0 Å². The molecule has 1 aromatic carbocycles. The molecule has 0 aliphatic rings. The van der Waals surface area contributed by atoms with Crippen molar-refractivity contribution in [3.8, 4) is 0 Å². The van der Waals surface area contributed by atoms with Crippen molar-refractivity contribution in [1.29, 1.82) is 0 Å². The van der Waals surface area contributed by atoms with E-state index in [1.807, 2.05) is 7.05 Å². The van der Waals surface area contributed by atoms with Gasteiger partial charge in [0.2, 0.25) is 0 Å². The van der Waals surface area contributed by atoms with E-state index in [9.17, 15) is 0 Å². The molecular formula is C17H24BrN3. The van der Waals surface area contributed by atoms with E-state index in [-0.39, 0.29) is 0 Å². The lowest BCUT2D eigenvalue weighted by Gasteiger charge is -2.18. The molecule has 0 radical (unpaired) electrons. The number of hydrogen-bond donors (Lipinski definition) is 1. The van der Waals surface area contributed by atoms with Crippen molar-refractivity contribution in [2.75, 3.05) is 7.05 Å². The Morgan fingerprint density at radius 3 is 2.67 bits per heavy atom. The maximum Gasteiger partial charge on any atom is 0.0766 e. The summed E-state index contributed by atoms with van der Waals surface area (Å²) >= 11 is 3.74. The second-order valence-electron chi connectivity index (χ2n) is 5.34. The SMILES string of the molecule is CCc1nn(CC)c(CC(NC)c2cccc(C)c2)c1Br. The monoisotopic (exact) mass is 349 g/mol. The summed E-state index contributed by atoms with van der Waals surface area (Å²) in [5, 5.41) is 8.13. The van der Waals surface area contributed by atoms with Gasteiger partial charge in [0.15, 0.2) is 0 Å². The molecule has 2 rings (SSSR count). The molecule has 21 heavy (non-hydrogen) atoms. The highest BCUT2D eigenvalue weighted by Gasteiger charge is 2.18. The summed E-state index contributed by atoms with van der Waals surface area (Å²) in [5.41, 5.74) is 5.04. The van der Waals surface area contributed by atoms with Crippen LogP contribution in [0.15, 0.2) is 28.7 Å². The van der Waals surface area contributed by atoms with Crippen molar-refractivity contribution in [2.45, 2.75) is 46.2 Å². The number of aromatic nitrogens is 2. The van der Waals surface area contributed by atoms with Crippen molar-refractivity contribution in [1.82, 2.24) is 15.1 Å². The van der Waals surface area contributed by atoms with E-state index in [1.165, 1.54) is 21.3 Å². The van der Waals surface area contributed by atoms with Gasteiger partial charge in [-0.25, -0.2) is 0 Å². The quantitative estimate of drug-likeness (QED) is 0.852. The summed E-state index contributed by atoms with van der Waals surface area (Å²) in [5.74, 6) is 0. The Labute approximate surface area is 135 Å². The largest absolute Gasteiger partial charge is 0.313 e. The molecule has 0 saturated carbocycles. The number of rotatable bonds is 6. The minimum atomic E-state index is 0.299. The van der Waals surface area contributed by atoms with Crippen molar-refractivity contribution < 1.29 is 0 Å². The van der Waals surface area contributed by atoms with E-state index in [0.29, 0.717) is 6.04 Å². The van der Waals surface area contributed by atoms with Gasteiger partial charge in [-0.05, 0) is 48.8 Å². The standard InChI is InChI=1S/C17H24BrN3/c1-5-14-17(18)16(21(6-2)20-14)11-15(19-4)13-9-7-8-12(3)10-13/h7-10,15,19H,5-6,11H2,1-4H3. The normalized spacial score (nSPS) is 12.6. The average Bonchev–Trinajstić information content (AvgIpc) is 2.80. The summed E-state index contributed by atoms with van der Waals surface area (Å²) in [7, 11) is 2.02. The van der Waals surface area contributed by atoms with E-state index in [1.54, 1.807) is 0 Å². The third-order valence-electron chi connectivity index (χ3n) is 3.88. The van der Waals surface area contributed by atoms with Gasteiger partial charge in [-0.1, -0.05) is 36.8 Å². The van der Waals surface area contributed by atoms with Gasteiger partial charge in [-0.2, -0.15) is 5.10 Å². The van der Waals surface area contributed by atoms with Crippen molar-refractivity contribution >= 4 is 15.9 Å². The van der Waals surface area contributed by atoms with Crippen molar-refractivity contribution in [3.05, 3.63) is 51.3 Å². The fourth-order valence-corrected chi connectivity index (χ4v) is 3.41. The van der Waals surface area contributed by atoms with Crippen LogP contribution in [-0.4, -0.2) is 16.8 Å². The highest BCUT2D eigenvalue weighted by Crippen LogP contribution is 2.27. The first kappa shape index (κ1) is 16.2. The number of nitrogens with zero attached hydrogens (tertiary/aromatic N) is 2. The molecule has 1 aromatic heterocycles.